The maximum atomic E-state index is 12.3. The van der Waals surface area contributed by atoms with Crippen molar-refractivity contribution in [1.82, 2.24) is 5.32 Å². The maximum absolute atomic E-state index is 12.3. The first kappa shape index (κ1) is 21.7. The van der Waals surface area contributed by atoms with E-state index in [-0.39, 0.29) is 29.9 Å². The highest BCUT2D eigenvalue weighted by molar-refractivity contribution is 6.09. The molecule has 1 amide bonds. The molecule has 0 spiro atoms. The zero-order valence-corrected chi connectivity index (χ0v) is 15.2. The Morgan fingerprint density at radius 1 is 1.22 bits per heavy atom. The molecule has 144 valence electrons. The summed E-state index contributed by atoms with van der Waals surface area (Å²) in [6.45, 7) is 2.40. The SMILES string of the molecule is CCOC(=O)c1ccccc1NC(=O)/C(C#N)=C\NCCCCCC(=O)O. The molecule has 0 atom stereocenters. The Kier molecular flexibility index (Phi) is 9.71. The standard InChI is InChI=1S/C19H23N3O5/c1-2-27-19(26)15-8-5-6-9-16(15)22-18(25)14(12-20)13-21-11-7-3-4-10-17(23)24/h5-6,8-9,13,21H,2-4,7,10-11H2,1H3,(H,22,25)(H,23,24)/b14-13-. The number of esters is 1. The van der Waals surface area contributed by atoms with E-state index in [1.54, 1.807) is 31.2 Å². The van der Waals surface area contributed by atoms with Crippen molar-refractivity contribution in [1.29, 1.82) is 5.26 Å². The average molecular weight is 373 g/mol. The summed E-state index contributed by atoms with van der Waals surface area (Å²) in [5, 5.41) is 23.1. The highest BCUT2D eigenvalue weighted by atomic mass is 16.5. The average Bonchev–Trinajstić information content (AvgIpc) is 2.64. The number of hydrogen-bond acceptors (Lipinski definition) is 6. The van der Waals surface area contributed by atoms with Crippen LogP contribution in [0.2, 0.25) is 0 Å². The Labute approximate surface area is 157 Å². The molecular weight excluding hydrogens is 350 g/mol. The summed E-state index contributed by atoms with van der Waals surface area (Å²) in [4.78, 5) is 34.6. The van der Waals surface area contributed by atoms with E-state index >= 15 is 0 Å². The second-order valence-corrected chi connectivity index (χ2v) is 5.55. The van der Waals surface area contributed by atoms with Gasteiger partial charge in [-0.2, -0.15) is 5.26 Å². The number of amides is 1. The molecule has 1 rings (SSSR count). The summed E-state index contributed by atoms with van der Waals surface area (Å²) < 4.78 is 4.94. The minimum atomic E-state index is -0.825. The number of nitrogens with one attached hydrogen (secondary N) is 2. The summed E-state index contributed by atoms with van der Waals surface area (Å²) in [5.74, 6) is -2.03. The van der Waals surface area contributed by atoms with Crippen LogP contribution in [0, 0.1) is 11.3 Å². The van der Waals surface area contributed by atoms with E-state index in [9.17, 15) is 14.4 Å². The van der Waals surface area contributed by atoms with Crippen molar-refractivity contribution in [2.75, 3.05) is 18.5 Å². The number of anilines is 1. The molecule has 0 heterocycles. The number of unbranched alkanes of at least 4 members (excludes halogenated alkanes) is 2. The van der Waals surface area contributed by atoms with Crippen LogP contribution in [0.25, 0.3) is 0 Å². The number of rotatable bonds is 11. The van der Waals surface area contributed by atoms with Crippen LogP contribution in [-0.2, 0) is 14.3 Å². The van der Waals surface area contributed by atoms with E-state index in [4.69, 9.17) is 15.1 Å². The Hall–Kier alpha value is -3.34. The van der Waals surface area contributed by atoms with Gasteiger partial charge in [0.1, 0.15) is 11.6 Å². The van der Waals surface area contributed by atoms with E-state index in [1.807, 2.05) is 0 Å². The fourth-order valence-corrected chi connectivity index (χ4v) is 2.17. The molecule has 0 aliphatic carbocycles. The molecule has 8 heteroatoms. The molecule has 3 N–H and O–H groups in total. The number of benzene rings is 1. The number of carbonyl (C=O) groups is 3. The first-order valence-corrected chi connectivity index (χ1v) is 8.62. The van der Waals surface area contributed by atoms with Crippen LogP contribution in [-0.4, -0.2) is 36.1 Å². The van der Waals surface area contributed by atoms with Gasteiger partial charge in [0.25, 0.3) is 5.91 Å². The van der Waals surface area contributed by atoms with E-state index in [0.29, 0.717) is 13.0 Å². The number of carbonyl (C=O) groups excluding carboxylic acids is 2. The summed E-state index contributed by atoms with van der Waals surface area (Å²) >= 11 is 0. The van der Waals surface area contributed by atoms with Gasteiger partial charge in [0, 0.05) is 19.2 Å². The maximum Gasteiger partial charge on any atom is 0.340 e. The fourth-order valence-electron chi connectivity index (χ4n) is 2.17. The Balaban J connectivity index is 2.60. The minimum Gasteiger partial charge on any atom is -0.481 e. The van der Waals surface area contributed by atoms with Crippen LogP contribution in [0.5, 0.6) is 0 Å². The molecule has 0 unspecified atom stereocenters. The van der Waals surface area contributed by atoms with Gasteiger partial charge in [-0.3, -0.25) is 9.59 Å². The third-order valence-electron chi connectivity index (χ3n) is 3.49. The molecule has 0 saturated heterocycles. The number of carboxylic acids is 1. The molecule has 1 aromatic rings. The predicted molar refractivity (Wildman–Crippen MR) is 98.8 cm³/mol. The molecule has 1 aromatic carbocycles. The molecule has 0 bridgehead atoms. The first-order chi connectivity index (χ1) is 13.0. The van der Waals surface area contributed by atoms with Crippen molar-refractivity contribution in [2.24, 2.45) is 0 Å². The summed E-state index contributed by atoms with van der Waals surface area (Å²) in [6.07, 6.45) is 3.46. The second kappa shape index (κ2) is 12.1. The first-order valence-electron chi connectivity index (χ1n) is 8.62. The zero-order valence-electron chi connectivity index (χ0n) is 15.2. The van der Waals surface area contributed by atoms with Gasteiger partial charge in [0.2, 0.25) is 0 Å². The van der Waals surface area contributed by atoms with Crippen LogP contribution in [0.3, 0.4) is 0 Å². The number of carboxylic acid groups (broad SMARTS) is 1. The number of para-hydroxylation sites is 1. The topological polar surface area (TPSA) is 129 Å². The third kappa shape index (κ3) is 8.05. The van der Waals surface area contributed by atoms with Gasteiger partial charge in [-0.05, 0) is 31.9 Å². The lowest BCUT2D eigenvalue weighted by atomic mass is 10.1. The van der Waals surface area contributed by atoms with Crippen LogP contribution < -0.4 is 10.6 Å². The van der Waals surface area contributed by atoms with Crippen molar-refractivity contribution in [3.05, 3.63) is 41.6 Å². The summed E-state index contributed by atoms with van der Waals surface area (Å²) in [7, 11) is 0. The lowest BCUT2D eigenvalue weighted by molar-refractivity contribution is -0.137. The number of ether oxygens (including phenoxy) is 1. The molecule has 0 aliphatic heterocycles. The number of hydrogen-bond donors (Lipinski definition) is 3. The van der Waals surface area contributed by atoms with Crippen molar-refractivity contribution < 1.29 is 24.2 Å². The van der Waals surface area contributed by atoms with Crippen LogP contribution in [0.4, 0.5) is 5.69 Å². The number of nitriles is 1. The Morgan fingerprint density at radius 2 is 1.96 bits per heavy atom. The zero-order chi connectivity index (χ0) is 20.1. The van der Waals surface area contributed by atoms with E-state index in [1.165, 1.54) is 12.3 Å². The molecule has 27 heavy (non-hydrogen) atoms. The van der Waals surface area contributed by atoms with E-state index in [2.05, 4.69) is 10.6 Å². The fraction of sp³-hybridized carbons (Fsp3) is 0.368. The Bertz CT molecular complexity index is 737. The molecule has 0 aromatic heterocycles. The van der Waals surface area contributed by atoms with Gasteiger partial charge >= 0.3 is 11.9 Å². The van der Waals surface area contributed by atoms with Gasteiger partial charge in [0.15, 0.2) is 0 Å². The van der Waals surface area contributed by atoms with Gasteiger partial charge < -0.3 is 20.5 Å². The monoisotopic (exact) mass is 373 g/mol. The smallest absolute Gasteiger partial charge is 0.340 e. The van der Waals surface area contributed by atoms with Crippen molar-refractivity contribution >= 4 is 23.5 Å². The number of aliphatic carboxylic acids is 1. The lowest BCUT2D eigenvalue weighted by Gasteiger charge is -2.10. The molecular formula is C19H23N3O5. The summed E-state index contributed by atoms with van der Waals surface area (Å²) in [6, 6.07) is 8.19. The largest absolute Gasteiger partial charge is 0.481 e. The van der Waals surface area contributed by atoms with Gasteiger partial charge in [0.05, 0.1) is 17.9 Å². The number of nitrogens with zero attached hydrogens (tertiary/aromatic N) is 1. The molecule has 0 saturated carbocycles. The van der Waals surface area contributed by atoms with E-state index in [0.717, 1.165) is 12.8 Å². The Morgan fingerprint density at radius 3 is 2.63 bits per heavy atom. The van der Waals surface area contributed by atoms with Crippen LogP contribution in [0.15, 0.2) is 36.0 Å². The highest BCUT2D eigenvalue weighted by Gasteiger charge is 2.16. The van der Waals surface area contributed by atoms with Gasteiger partial charge in [-0.1, -0.05) is 18.6 Å². The predicted octanol–water partition coefficient (Wildman–Crippen LogP) is 2.44. The van der Waals surface area contributed by atoms with Gasteiger partial charge in [-0.25, -0.2) is 4.79 Å². The molecule has 0 radical (unpaired) electrons. The molecule has 8 nitrogen and oxygen atoms in total. The van der Waals surface area contributed by atoms with Crippen LogP contribution in [0.1, 0.15) is 43.0 Å². The highest BCUT2D eigenvalue weighted by Crippen LogP contribution is 2.17. The lowest BCUT2D eigenvalue weighted by Crippen LogP contribution is -2.19. The molecule has 0 aliphatic rings. The second-order valence-electron chi connectivity index (χ2n) is 5.55. The van der Waals surface area contributed by atoms with Crippen molar-refractivity contribution in [3.63, 3.8) is 0 Å². The normalized spacial score (nSPS) is 10.6. The van der Waals surface area contributed by atoms with Crippen LogP contribution >= 0.6 is 0 Å². The van der Waals surface area contributed by atoms with Crippen molar-refractivity contribution in [2.45, 2.75) is 32.6 Å². The quantitative estimate of drug-likeness (QED) is 0.235. The minimum absolute atomic E-state index is 0.127. The van der Waals surface area contributed by atoms with E-state index < -0.39 is 17.8 Å². The third-order valence-corrected chi connectivity index (χ3v) is 3.49. The van der Waals surface area contributed by atoms with Gasteiger partial charge in [-0.15, -0.1) is 0 Å². The van der Waals surface area contributed by atoms with Crippen molar-refractivity contribution in [3.8, 4) is 6.07 Å². The molecule has 0 fully saturated rings. The summed E-state index contributed by atoms with van der Waals surface area (Å²) in [5.41, 5.74) is 0.325.